The van der Waals surface area contributed by atoms with Crippen molar-refractivity contribution < 1.29 is 49.3 Å². The Hall–Kier alpha value is -3.16. The van der Waals surface area contributed by atoms with Gasteiger partial charge in [-0.15, -0.1) is 0 Å². The Kier molecular flexibility index (Phi) is 44.4. The Morgan fingerprint density at radius 2 is 1.03 bits per heavy atom. The van der Waals surface area contributed by atoms with Gasteiger partial charge in [-0.3, -0.25) is 9.59 Å². The molecule has 0 saturated carbocycles. The molecule has 0 aromatic heterocycles. The maximum Gasteiger partial charge on any atom is 0.306 e. The standard InChI is InChI=1S/C60H103NO10/c1-4-7-10-13-16-19-22-24-25-26-27-28-29-31-33-36-39-42-45-48-55(65)71-58-57(67)56(66)54(49-62)70-60(58)69-50-51(52(63)46-43-40-37-35-32-30-23-20-17-14-11-8-5-2)61-59(68)53(64)47-44-41-38-34-21-18-15-12-9-6-3/h7,10,15-16,18-19,24-25,27-28,31,33,43,46,51-54,56-58,60,62-64,66-67H,4-6,8-9,11-14,17,20-23,26,29-30,32,34-42,44-45,47-50H2,1-3H3,(H,61,68)/b10-7-,18-15-,19-16-,25-24-,28-27-,33-31-,46-43+. The molecule has 408 valence electrons. The predicted molar refractivity (Wildman–Crippen MR) is 292 cm³/mol. The highest BCUT2D eigenvalue weighted by molar-refractivity contribution is 5.80. The molecule has 0 aromatic carbocycles. The molecule has 1 amide bonds. The summed E-state index contributed by atoms with van der Waals surface area (Å²) in [6, 6.07) is -1.04. The summed E-state index contributed by atoms with van der Waals surface area (Å²) in [6.45, 7) is 5.58. The topological polar surface area (TPSA) is 175 Å². The molecule has 11 heteroatoms. The van der Waals surface area contributed by atoms with E-state index in [1.807, 2.05) is 6.08 Å². The molecule has 1 aliphatic rings. The van der Waals surface area contributed by atoms with E-state index in [2.05, 4.69) is 99.0 Å². The third kappa shape index (κ3) is 36.4. The molecule has 0 aliphatic carbocycles. The number of hydrogen-bond acceptors (Lipinski definition) is 10. The zero-order chi connectivity index (χ0) is 51.8. The summed E-state index contributed by atoms with van der Waals surface area (Å²) in [5, 5.41) is 56.7. The molecule has 11 nitrogen and oxygen atoms in total. The highest BCUT2D eigenvalue weighted by Crippen LogP contribution is 2.26. The molecule has 0 aromatic rings. The minimum Gasteiger partial charge on any atom is -0.454 e. The molecule has 71 heavy (non-hydrogen) atoms. The first-order chi connectivity index (χ1) is 34.7. The monoisotopic (exact) mass is 998 g/mol. The minimum atomic E-state index is -1.63. The number of unbranched alkanes of at least 4 members (excludes halogenated alkanes) is 20. The van der Waals surface area contributed by atoms with Crippen LogP contribution in [0.2, 0.25) is 0 Å². The molecule has 1 saturated heterocycles. The first kappa shape index (κ1) is 65.9. The maximum absolute atomic E-state index is 13.3. The van der Waals surface area contributed by atoms with Crippen LogP contribution in [0.4, 0.5) is 0 Å². The van der Waals surface area contributed by atoms with E-state index in [-0.39, 0.29) is 19.4 Å². The van der Waals surface area contributed by atoms with Crippen LogP contribution < -0.4 is 5.32 Å². The Labute approximate surface area is 432 Å². The van der Waals surface area contributed by atoms with Crippen LogP contribution in [0.5, 0.6) is 0 Å². The van der Waals surface area contributed by atoms with Crippen LogP contribution >= 0.6 is 0 Å². The molecule has 6 N–H and O–H groups in total. The third-order valence-corrected chi connectivity index (χ3v) is 12.8. The van der Waals surface area contributed by atoms with Gasteiger partial charge < -0.3 is 45.1 Å². The molecule has 8 atom stereocenters. The molecule has 1 rings (SSSR count). The number of carbonyl (C=O) groups is 2. The van der Waals surface area contributed by atoms with Gasteiger partial charge in [-0.25, -0.2) is 0 Å². The SMILES string of the molecule is CC/C=C\C/C=C\C/C=C\C/C=C\C/C=C\CCCCCC(=O)OC1C(OCC(NC(=O)C(O)CCCCCC/C=C\CCCC)C(O)/C=C/CCCCCCCCCCCCC)OC(CO)C(O)C1O. The Bertz CT molecular complexity index is 1470. The summed E-state index contributed by atoms with van der Waals surface area (Å²) in [6.07, 6.45) is 50.6. The van der Waals surface area contributed by atoms with Gasteiger partial charge in [0.15, 0.2) is 12.4 Å². The number of ether oxygens (including phenoxy) is 3. The van der Waals surface area contributed by atoms with E-state index < -0.39 is 67.4 Å². The summed E-state index contributed by atoms with van der Waals surface area (Å²) in [7, 11) is 0. The van der Waals surface area contributed by atoms with Crippen molar-refractivity contribution in [3.63, 3.8) is 0 Å². The lowest BCUT2D eigenvalue weighted by Crippen LogP contribution is -2.61. The van der Waals surface area contributed by atoms with Crippen molar-refractivity contribution in [2.75, 3.05) is 13.2 Å². The van der Waals surface area contributed by atoms with E-state index in [0.29, 0.717) is 12.8 Å². The fraction of sp³-hybridized carbons (Fsp3) is 0.733. The zero-order valence-electron chi connectivity index (χ0n) is 44.8. The number of aliphatic hydroxyl groups excluding tert-OH is 5. The number of rotatable bonds is 46. The summed E-state index contributed by atoms with van der Waals surface area (Å²) < 4.78 is 17.5. The summed E-state index contributed by atoms with van der Waals surface area (Å²) in [5.74, 6) is -1.24. The molecule has 0 radical (unpaired) electrons. The number of aliphatic hydroxyl groups is 5. The van der Waals surface area contributed by atoms with Crippen molar-refractivity contribution in [2.45, 2.75) is 269 Å². The Balaban J connectivity index is 2.75. The first-order valence-electron chi connectivity index (χ1n) is 28.4. The van der Waals surface area contributed by atoms with Crippen LogP contribution in [-0.2, 0) is 23.8 Å². The second kappa shape index (κ2) is 47.8. The van der Waals surface area contributed by atoms with Crippen LogP contribution in [-0.4, -0.2) is 99.6 Å². The summed E-state index contributed by atoms with van der Waals surface area (Å²) in [4.78, 5) is 26.4. The smallest absolute Gasteiger partial charge is 0.306 e. The van der Waals surface area contributed by atoms with Crippen molar-refractivity contribution in [3.05, 3.63) is 85.1 Å². The van der Waals surface area contributed by atoms with Gasteiger partial charge in [0, 0.05) is 6.42 Å². The van der Waals surface area contributed by atoms with Crippen LogP contribution in [0.25, 0.3) is 0 Å². The number of nitrogens with one attached hydrogen (secondary N) is 1. The van der Waals surface area contributed by atoms with E-state index in [1.165, 1.54) is 70.6 Å². The molecule has 0 bridgehead atoms. The van der Waals surface area contributed by atoms with Crippen LogP contribution in [0.15, 0.2) is 85.1 Å². The van der Waals surface area contributed by atoms with E-state index in [0.717, 1.165) is 103 Å². The van der Waals surface area contributed by atoms with Gasteiger partial charge in [-0.1, -0.05) is 209 Å². The van der Waals surface area contributed by atoms with Gasteiger partial charge in [0.1, 0.15) is 24.4 Å². The van der Waals surface area contributed by atoms with Gasteiger partial charge in [0.2, 0.25) is 5.91 Å². The fourth-order valence-corrected chi connectivity index (χ4v) is 8.24. The van der Waals surface area contributed by atoms with Gasteiger partial charge in [0.05, 0.1) is 25.4 Å². The highest BCUT2D eigenvalue weighted by atomic mass is 16.7. The van der Waals surface area contributed by atoms with Crippen LogP contribution in [0.1, 0.15) is 220 Å². The average molecular weight is 998 g/mol. The number of amides is 1. The van der Waals surface area contributed by atoms with Crippen molar-refractivity contribution in [1.82, 2.24) is 5.32 Å². The molecular weight excluding hydrogens is 895 g/mol. The number of allylic oxidation sites excluding steroid dienone is 13. The van der Waals surface area contributed by atoms with Gasteiger partial charge in [0.25, 0.3) is 0 Å². The molecule has 1 heterocycles. The van der Waals surface area contributed by atoms with Crippen LogP contribution in [0.3, 0.4) is 0 Å². The maximum atomic E-state index is 13.3. The molecule has 0 spiro atoms. The van der Waals surface area contributed by atoms with E-state index in [1.54, 1.807) is 6.08 Å². The normalized spacial score (nSPS) is 20.3. The lowest BCUT2D eigenvalue weighted by atomic mass is 9.99. The van der Waals surface area contributed by atoms with E-state index in [9.17, 15) is 35.1 Å². The van der Waals surface area contributed by atoms with Crippen LogP contribution in [0, 0.1) is 0 Å². The van der Waals surface area contributed by atoms with Gasteiger partial charge in [-0.05, 0) is 89.9 Å². The lowest BCUT2D eigenvalue weighted by molar-refractivity contribution is -0.305. The molecule has 1 aliphatic heterocycles. The van der Waals surface area contributed by atoms with Crippen molar-refractivity contribution in [3.8, 4) is 0 Å². The lowest BCUT2D eigenvalue weighted by Gasteiger charge is -2.41. The highest BCUT2D eigenvalue weighted by Gasteiger charge is 2.47. The Morgan fingerprint density at radius 1 is 0.563 bits per heavy atom. The second-order valence-electron chi connectivity index (χ2n) is 19.3. The van der Waals surface area contributed by atoms with Crippen molar-refractivity contribution in [1.29, 1.82) is 0 Å². The van der Waals surface area contributed by atoms with Crippen molar-refractivity contribution in [2.24, 2.45) is 0 Å². The molecule has 8 unspecified atom stereocenters. The van der Waals surface area contributed by atoms with E-state index >= 15 is 0 Å². The number of hydrogen-bond donors (Lipinski definition) is 6. The predicted octanol–water partition coefficient (Wildman–Crippen LogP) is 12.6. The quantitative estimate of drug-likeness (QED) is 0.0196. The summed E-state index contributed by atoms with van der Waals surface area (Å²) in [5.41, 5.74) is 0. The molecule has 1 fully saturated rings. The van der Waals surface area contributed by atoms with Crippen molar-refractivity contribution >= 4 is 11.9 Å². The Morgan fingerprint density at radius 3 is 1.58 bits per heavy atom. The van der Waals surface area contributed by atoms with E-state index in [4.69, 9.17) is 14.2 Å². The number of carbonyl (C=O) groups excluding carboxylic acids is 2. The third-order valence-electron chi connectivity index (χ3n) is 12.8. The average Bonchev–Trinajstić information content (AvgIpc) is 3.37. The minimum absolute atomic E-state index is 0.0798. The largest absolute Gasteiger partial charge is 0.454 e. The summed E-state index contributed by atoms with van der Waals surface area (Å²) >= 11 is 0. The second-order valence-corrected chi connectivity index (χ2v) is 19.3. The molecular formula is C60H103NO10. The van der Waals surface area contributed by atoms with Gasteiger partial charge >= 0.3 is 5.97 Å². The van der Waals surface area contributed by atoms with Gasteiger partial charge in [-0.2, -0.15) is 0 Å². The fourth-order valence-electron chi connectivity index (χ4n) is 8.24. The number of esters is 1. The first-order valence-corrected chi connectivity index (χ1v) is 28.4. The zero-order valence-corrected chi connectivity index (χ0v) is 44.8.